The van der Waals surface area contributed by atoms with Crippen molar-refractivity contribution in [1.82, 2.24) is 4.98 Å². The van der Waals surface area contributed by atoms with Crippen molar-refractivity contribution < 1.29 is 4.42 Å². The number of benzene rings is 3. The summed E-state index contributed by atoms with van der Waals surface area (Å²) >= 11 is 0. The standard InChI is InChI=1S/C32H29NO/c1-19(2)21-12-15-33-28(16-21)30-20(3)10-11-23-25-17-24-22-8-4-5-9-26(22)32(13-6-7-14-32)27(24)18-29(25)34-31(23)30/h4-5,8-12,15-19H,6-7,13-14H2,1-3H3. The maximum Gasteiger partial charge on any atom is 0.145 e. The van der Waals surface area contributed by atoms with Crippen LogP contribution in [0.2, 0.25) is 0 Å². The van der Waals surface area contributed by atoms with Crippen molar-refractivity contribution in [2.75, 3.05) is 0 Å². The van der Waals surface area contributed by atoms with E-state index in [-0.39, 0.29) is 5.41 Å². The predicted molar refractivity (Wildman–Crippen MR) is 140 cm³/mol. The summed E-state index contributed by atoms with van der Waals surface area (Å²) in [6.45, 7) is 6.62. The maximum atomic E-state index is 6.71. The number of furan rings is 1. The molecule has 1 spiro atoms. The van der Waals surface area contributed by atoms with Crippen LogP contribution in [-0.2, 0) is 5.41 Å². The summed E-state index contributed by atoms with van der Waals surface area (Å²) < 4.78 is 6.71. The molecule has 2 heterocycles. The largest absolute Gasteiger partial charge is 0.455 e. The van der Waals surface area contributed by atoms with Crippen LogP contribution in [-0.4, -0.2) is 4.98 Å². The molecule has 2 aliphatic carbocycles. The van der Waals surface area contributed by atoms with Gasteiger partial charge in [0.15, 0.2) is 0 Å². The van der Waals surface area contributed by atoms with E-state index in [0.29, 0.717) is 5.92 Å². The molecule has 0 saturated heterocycles. The number of hydrogen-bond acceptors (Lipinski definition) is 2. The lowest BCUT2D eigenvalue weighted by molar-refractivity contribution is 0.549. The van der Waals surface area contributed by atoms with Gasteiger partial charge in [-0.1, -0.05) is 63.1 Å². The van der Waals surface area contributed by atoms with Gasteiger partial charge >= 0.3 is 0 Å². The molecule has 5 aromatic rings. The molecule has 34 heavy (non-hydrogen) atoms. The second-order valence-corrected chi connectivity index (χ2v) is 10.6. The van der Waals surface area contributed by atoms with Crippen LogP contribution in [0.15, 0.2) is 71.3 Å². The minimum absolute atomic E-state index is 0.158. The molecule has 1 fully saturated rings. The topological polar surface area (TPSA) is 26.0 Å². The molecule has 0 N–H and O–H groups in total. The summed E-state index contributed by atoms with van der Waals surface area (Å²) in [5.41, 5.74) is 12.5. The first-order valence-corrected chi connectivity index (χ1v) is 12.6. The van der Waals surface area contributed by atoms with Gasteiger partial charge < -0.3 is 4.42 Å². The third-order valence-electron chi connectivity index (χ3n) is 8.40. The molecule has 0 aliphatic heterocycles. The van der Waals surface area contributed by atoms with Crippen LogP contribution in [0.25, 0.3) is 44.3 Å². The van der Waals surface area contributed by atoms with Gasteiger partial charge in [0.1, 0.15) is 11.2 Å². The average Bonchev–Trinajstić information content (AvgIpc) is 3.54. The lowest BCUT2D eigenvalue weighted by Crippen LogP contribution is -2.20. The van der Waals surface area contributed by atoms with Crippen LogP contribution in [0, 0.1) is 6.92 Å². The lowest BCUT2D eigenvalue weighted by Gasteiger charge is -2.26. The average molecular weight is 444 g/mol. The van der Waals surface area contributed by atoms with Gasteiger partial charge in [-0.05, 0) is 83.3 Å². The van der Waals surface area contributed by atoms with Crippen molar-refractivity contribution in [3.63, 3.8) is 0 Å². The zero-order chi connectivity index (χ0) is 23.0. The van der Waals surface area contributed by atoms with Gasteiger partial charge in [0.05, 0.1) is 5.69 Å². The quantitative estimate of drug-likeness (QED) is 0.272. The van der Waals surface area contributed by atoms with E-state index in [9.17, 15) is 0 Å². The van der Waals surface area contributed by atoms with Crippen LogP contribution < -0.4 is 0 Å². The van der Waals surface area contributed by atoms with Crippen LogP contribution in [0.1, 0.15) is 67.7 Å². The Morgan fingerprint density at radius 3 is 2.50 bits per heavy atom. The predicted octanol–water partition coefficient (Wildman–Crippen LogP) is 8.92. The first-order chi connectivity index (χ1) is 16.6. The van der Waals surface area contributed by atoms with Gasteiger partial charge in [0.2, 0.25) is 0 Å². The molecule has 2 heteroatoms. The second-order valence-electron chi connectivity index (χ2n) is 10.6. The number of rotatable bonds is 2. The molecule has 3 aromatic carbocycles. The Morgan fingerprint density at radius 2 is 1.68 bits per heavy atom. The van der Waals surface area contributed by atoms with Crippen molar-refractivity contribution in [2.45, 2.75) is 57.8 Å². The van der Waals surface area contributed by atoms with Gasteiger partial charge in [-0.25, -0.2) is 0 Å². The maximum absolute atomic E-state index is 6.71. The molecular weight excluding hydrogens is 414 g/mol. The minimum Gasteiger partial charge on any atom is -0.455 e. The summed E-state index contributed by atoms with van der Waals surface area (Å²) in [5.74, 6) is 0.461. The van der Waals surface area contributed by atoms with Crippen molar-refractivity contribution in [2.24, 2.45) is 0 Å². The lowest BCUT2D eigenvalue weighted by atomic mass is 9.77. The smallest absolute Gasteiger partial charge is 0.145 e. The monoisotopic (exact) mass is 443 g/mol. The summed E-state index contributed by atoms with van der Waals surface area (Å²) in [6.07, 6.45) is 7.00. The molecule has 0 unspecified atom stereocenters. The minimum atomic E-state index is 0.158. The SMILES string of the molecule is Cc1ccc2c(oc3cc4c(cc32)-c2ccccc2C42CCCC2)c1-c1cc(C(C)C)ccn1. The summed E-state index contributed by atoms with van der Waals surface area (Å²) in [6, 6.07) is 22.6. The Labute approximate surface area is 200 Å². The van der Waals surface area contributed by atoms with Crippen LogP contribution in [0.3, 0.4) is 0 Å². The third-order valence-corrected chi connectivity index (χ3v) is 8.40. The number of aromatic nitrogens is 1. The highest BCUT2D eigenvalue weighted by Gasteiger charge is 2.45. The number of aryl methyl sites for hydroxylation is 1. The molecule has 0 atom stereocenters. The van der Waals surface area contributed by atoms with Crippen molar-refractivity contribution in [1.29, 1.82) is 0 Å². The Kier molecular flexibility index (Phi) is 4.16. The van der Waals surface area contributed by atoms with E-state index >= 15 is 0 Å². The number of hydrogen-bond donors (Lipinski definition) is 0. The fourth-order valence-electron chi connectivity index (χ4n) is 6.66. The molecule has 0 amide bonds. The molecule has 2 nitrogen and oxygen atoms in total. The highest BCUT2D eigenvalue weighted by atomic mass is 16.3. The molecule has 168 valence electrons. The van der Waals surface area contributed by atoms with Crippen molar-refractivity contribution in [3.8, 4) is 22.4 Å². The highest BCUT2D eigenvalue weighted by molar-refractivity contribution is 6.12. The molecule has 0 bridgehead atoms. The zero-order valence-corrected chi connectivity index (χ0v) is 20.1. The van der Waals surface area contributed by atoms with E-state index in [0.717, 1.165) is 22.4 Å². The Bertz CT molecular complexity index is 1600. The Morgan fingerprint density at radius 1 is 0.853 bits per heavy atom. The van der Waals surface area contributed by atoms with E-state index in [2.05, 4.69) is 81.4 Å². The zero-order valence-electron chi connectivity index (χ0n) is 20.1. The first-order valence-electron chi connectivity index (χ1n) is 12.6. The van der Waals surface area contributed by atoms with E-state index in [4.69, 9.17) is 9.40 Å². The summed E-state index contributed by atoms with van der Waals surface area (Å²) in [7, 11) is 0. The van der Waals surface area contributed by atoms with E-state index < -0.39 is 0 Å². The van der Waals surface area contributed by atoms with Gasteiger partial charge in [-0.15, -0.1) is 0 Å². The first kappa shape index (κ1) is 20.0. The fraction of sp³-hybridized carbons (Fsp3) is 0.281. The van der Waals surface area contributed by atoms with Gasteiger partial charge in [0.25, 0.3) is 0 Å². The molecular formula is C32H29NO. The van der Waals surface area contributed by atoms with Crippen LogP contribution in [0.5, 0.6) is 0 Å². The number of pyridine rings is 1. The Balaban J connectivity index is 1.52. The highest BCUT2D eigenvalue weighted by Crippen LogP contribution is 2.58. The molecule has 0 radical (unpaired) electrons. The van der Waals surface area contributed by atoms with Gasteiger partial charge in [-0.2, -0.15) is 0 Å². The van der Waals surface area contributed by atoms with Crippen molar-refractivity contribution in [3.05, 3.63) is 89.1 Å². The molecule has 2 aromatic heterocycles. The van der Waals surface area contributed by atoms with Gasteiger partial charge in [0, 0.05) is 27.9 Å². The van der Waals surface area contributed by atoms with E-state index in [1.54, 1.807) is 0 Å². The third kappa shape index (κ3) is 2.60. The van der Waals surface area contributed by atoms with Gasteiger partial charge in [-0.3, -0.25) is 4.98 Å². The van der Waals surface area contributed by atoms with E-state index in [1.165, 1.54) is 69.8 Å². The second kappa shape index (κ2) is 7.06. The van der Waals surface area contributed by atoms with E-state index in [1.807, 2.05) is 6.20 Å². The Hall–Kier alpha value is -3.39. The summed E-state index contributed by atoms with van der Waals surface area (Å²) in [5, 5.41) is 2.39. The molecule has 2 aliphatic rings. The summed E-state index contributed by atoms with van der Waals surface area (Å²) in [4.78, 5) is 4.76. The van der Waals surface area contributed by atoms with Crippen molar-refractivity contribution >= 4 is 21.9 Å². The number of fused-ring (bicyclic) bond motifs is 8. The number of nitrogens with zero attached hydrogens (tertiary/aromatic N) is 1. The fourth-order valence-corrected chi connectivity index (χ4v) is 6.66. The molecule has 7 rings (SSSR count). The molecule has 1 saturated carbocycles. The van der Waals surface area contributed by atoms with Crippen LogP contribution >= 0.6 is 0 Å². The van der Waals surface area contributed by atoms with Crippen LogP contribution in [0.4, 0.5) is 0 Å². The normalized spacial score (nSPS) is 16.1.